The van der Waals surface area contributed by atoms with Crippen molar-refractivity contribution in [2.45, 2.75) is 39.3 Å². The van der Waals surface area contributed by atoms with Crippen LogP contribution in [0.3, 0.4) is 0 Å². The van der Waals surface area contributed by atoms with E-state index in [1.165, 1.54) is 0 Å². The lowest BCUT2D eigenvalue weighted by Gasteiger charge is -2.33. The maximum absolute atomic E-state index is 12.5. The van der Waals surface area contributed by atoms with E-state index in [0.29, 0.717) is 18.9 Å². The van der Waals surface area contributed by atoms with Crippen molar-refractivity contribution in [3.05, 3.63) is 44.5 Å². The Morgan fingerprint density at radius 1 is 1.33 bits per heavy atom. The molecule has 0 aromatic carbocycles. The Bertz CT molecular complexity index is 865. The summed E-state index contributed by atoms with van der Waals surface area (Å²) in [6.07, 6.45) is 1.78. The van der Waals surface area contributed by atoms with Crippen molar-refractivity contribution >= 4 is 5.91 Å². The predicted octanol–water partition coefficient (Wildman–Crippen LogP) is -0.391. The summed E-state index contributed by atoms with van der Waals surface area (Å²) in [5, 5.41) is 6.78. The molecule has 9 heteroatoms. The summed E-state index contributed by atoms with van der Waals surface area (Å²) in [7, 11) is 0. The van der Waals surface area contributed by atoms with Crippen LogP contribution in [-0.2, 0) is 11.3 Å². The van der Waals surface area contributed by atoms with Gasteiger partial charge in [0.05, 0.1) is 6.04 Å². The van der Waals surface area contributed by atoms with Crippen LogP contribution in [0, 0.1) is 13.8 Å². The van der Waals surface area contributed by atoms with Crippen molar-refractivity contribution in [2.75, 3.05) is 13.1 Å². The Morgan fingerprint density at radius 2 is 2.12 bits per heavy atom. The van der Waals surface area contributed by atoms with Gasteiger partial charge in [-0.1, -0.05) is 0 Å². The smallest absolute Gasteiger partial charge is 0.265 e. The summed E-state index contributed by atoms with van der Waals surface area (Å²) >= 11 is 0. The van der Waals surface area contributed by atoms with Crippen LogP contribution < -0.4 is 11.1 Å². The van der Waals surface area contributed by atoms with E-state index in [0.717, 1.165) is 35.5 Å². The molecule has 3 heterocycles. The molecule has 1 aliphatic rings. The molecule has 2 aromatic rings. The van der Waals surface area contributed by atoms with E-state index in [1.54, 1.807) is 4.90 Å². The van der Waals surface area contributed by atoms with E-state index >= 15 is 0 Å². The molecule has 1 amide bonds. The van der Waals surface area contributed by atoms with Gasteiger partial charge in [-0.05, 0) is 26.7 Å². The van der Waals surface area contributed by atoms with E-state index in [9.17, 15) is 14.4 Å². The molecule has 0 aliphatic carbocycles. The molecule has 0 spiro atoms. The molecule has 1 saturated heterocycles. The van der Waals surface area contributed by atoms with Crippen LogP contribution in [0.15, 0.2) is 21.7 Å². The number of aromatic nitrogens is 5. The number of aromatic amines is 1. The molecule has 1 unspecified atom stereocenters. The first kappa shape index (κ1) is 16.2. The van der Waals surface area contributed by atoms with Gasteiger partial charge in [0, 0.05) is 25.2 Å². The average molecular weight is 332 g/mol. The molecular formula is C15H20N6O3. The number of hydrogen-bond acceptors (Lipinski definition) is 5. The lowest BCUT2D eigenvalue weighted by Crippen LogP contribution is -2.44. The minimum atomic E-state index is -0.410. The van der Waals surface area contributed by atoms with Crippen molar-refractivity contribution in [2.24, 2.45) is 0 Å². The fourth-order valence-corrected chi connectivity index (χ4v) is 3.08. The molecular weight excluding hydrogens is 312 g/mol. The summed E-state index contributed by atoms with van der Waals surface area (Å²) in [6, 6.07) is 2.39. The van der Waals surface area contributed by atoms with E-state index in [-0.39, 0.29) is 18.5 Å². The molecule has 2 aromatic heterocycles. The highest BCUT2D eigenvalue weighted by Crippen LogP contribution is 2.22. The van der Waals surface area contributed by atoms with Gasteiger partial charge < -0.3 is 4.90 Å². The van der Waals surface area contributed by atoms with Gasteiger partial charge in [-0.2, -0.15) is 5.10 Å². The lowest BCUT2D eigenvalue weighted by molar-refractivity contribution is -0.133. The highest BCUT2D eigenvalue weighted by atomic mass is 16.2. The molecule has 1 aliphatic heterocycles. The van der Waals surface area contributed by atoms with E-state index in [1.807, 2.05) is 18.5 Å². The van der Waals surface area contributed by atoms with Crippen molar-refractivity contribution in [1.29, 1.82) is 0 Å². The third kappa shape index (κ3) is 3.29. The zero-order valence-electron chi connectivity index (χ0n) is 13.7. The zero-order valence-corrected chi connectivity index (χ0v) is 13.7. The molecule has 1 fully saturated rings. The Hall–Kier alpha value is -2.71. The van der Waals surface area contributed by atoms with Crippen LogP contribution in [-0.4, -0.2) is 48.4 Å². The monoisotopic (exact) mass is 332 g/mol. The molecule has 3 rings (SSSR count). The first-order chi connectivity index (χ1) is 11.4. The van der Waals surface area contributed by atoms with Crippen molar-refractivity contribution in [1.82, 2.24) is 29.4 Å². The second kappa shape index (κ2) is 6.42. The van der Waals surface area contributed by atoms with Crippen LogP contribution in [0.25, 0.3) is 0 Å². The Morgan fingerprint density at radius 3 is 2.83 bits per heavy atom. The quantitative estimate of drug-likeness (QED) is 0.824. The summed E-state index contributed by atoms with van der Waals surface area (Å²) < 4.78 is 2.91. The number of carbonyl (C=O) groups excluding carboxylic acids is 1. The van der Waals surface area contributed by atoms with Gasteiger partial charge in [-0.25, -0.2) is 14.3 Å². The Balaban J connectivity index is 1.73. The average Bonchev–Trinajstić information content (AvgIpc) is 2.89. The Kier molecular flexibility index (Phi) is 4.32. The van der Waals surface area contributed by atoms with Crippen LogP contribution in [0.2, 0.25) is 0 Å². The normalized spacial score (nSPS) is 17.9. The fraction of sp³-hybridized carbons (Fsp3) is 0.533. The minimum Gasteiger partial charge on any atom is -0.339 e. The number of aryl methyl sites for hydroxylation is 2. The van der Waals surface area contributed by atoms with Crippen molar-refractivity contribution in [3.63, 3.8) is 0 Å². The highest BCUT2D eigenvalue weighted by Gasteiger charge is 2.26. The van der Waals surface area contributed by atoms with Crippen LogP contribution in [0.1, 0.15) is 30.5 Å². The first-order valence-corrected chi connectivity index (χ1v) is 7.92. The molecule has 1 atom stereocenters. The van der Waals surface area contributed by atoms with Gasteiger partial charge in [-0.15, -0.1) is 0 Å². The summed E-state index contributed by atoms with van der Waals surface area (Å²) in [5.41, 5.74) is -0.813. The molecule has 0 saturated carbocycles. The zero-order chi connectivity index (χ0) is 17.3. The van der Waals surface area contributed by atoms with Gasteiger partial charge in [0.15, 0.2) is 0 Å². The van der Waals surface area contributed by atoms with E-state index < -0.39 is 11.1 Å². The summed E-state index contributed by atoms with van der Waals surface area (Å²) in [4.78, 5) is 41.6. The second-order valence-electron chi connectivity index (χ2n) is 6.02. The Labute approximate surface area is 137 Å². The van der Waals surface area contributed by atoms with Crippen molar-refractivity contribution in [3.8, 4) is 0 Å². The van der Waals surface area contributed by atoms with Gasteiger partial charge in [0.1, 0.15) is 18.2 Å². The molecule has 128 valence electrons. The second-order valence-corrected chi connectivity index (χ2v) is 6.02. The van der Waals surface area contributed by atoms with E-state index in [2.05, 4.69) is 15.2 Å². The molecule has 0 bridgehead atoms. The fourth-order valence-electron chi connectivity index (χ4n) is 3.08. The number of hydrogen-bond donors (Lipinski definition) is 1. The maximum atomic E-state index is 12.5. The first-order valence-electron chi connectivity index (χ1n) is 7.92. The van der Waals surface area contributed by atoms with E-state index in [4.69, 9.17) is 0 Å². The van der Waals surface area contributed by atoms with Gasteiger partial charge in [0.25, 0.3) is 11.1 Å². The van der Waals surface area contributed by atoms with Gasteiger partial charge in [-0.3, -0.25) is 19.5 Å². The largest absolute Gasteiger partial charge is 0.339 e. The molecule has 9 nitrogen and oxygen atoms in total. The molecule has 24 heavy (non-hydrogen) atoms. The number of likely N-dealkylation sites (tertiary alicyclic amines) is 1. The number of carbonyl (C=O) groups is 1. The maximum Gasteiger partial charge on any atom is 0.265 e. The number of H-pyrrole nitrogens is 1. The topological polar surface area (TPSA) is 106 Å². The third-order valence-corrected chi connectivity index (χ3v) is 4.18. The molecule has 0 radical (unpaired) electrons. The van der Waals surface area contributed by atoms with Crippen LogP contribution in [0.5, 0.6) is 0 Å². The van der Waals surface area contributed by atoms with Gasteiger partial charge >= 0.3 is 0 Å². The number of nitrogens with zero attached hydrogens (tertiary/aromatic N) is 5. The van der Waals surface area contributed by atoms with Crippen molar-refractivity contribution < 1.29 is 4.79 Å². The van der Waals surface area contributed by atoms with Crippen LogP contribution in [0.4, 0.5) is 0 Å². The third-order valence-electron chi connectivity index (χ3n) is 4.18. The molecule has 1 N–H and O–H groups in total. The number of rotatable bonds is 3. The summed E-state index contributed by atoms with van der Waals surface area (Å²) in [5.74, 6) is 1.35. The van der Waals surface area contributed by atoms with Gasteiger partial charge in [0.2, 0.25) is 5.91 Å². The number of amides is 1. The standard InChI is InChI=1S/C15H20N6O3/c1-10-16-11(2)21(17-10)12-4-3-7-19(8-12)15(24)9-20-14(23)6-5-13(22)18-20/h5-6,12H,3-4,7-9H2,1-2H3,(H,18,22). The SMILES string of the molecule is Cc1nc(C)n(C2CCCN(C(=O)Cn3[nH]c(=O)ccc3=O)C2)n1. The van der Waals surface area contributed by atoms with Crippen LogP contribution >= 0.6 is 0 Å². The summed E-state index contributed by atoms with van der Waals surface area (Å²) in [6.45, 7) is 4.72. The highest BCUT2D eigenvalue weighted by molar-refractivity contribution is 5.76. The number of nitrogens with one attached hydrogen (secondary N) is 1. The lowest BCUT2D eigenvalue weighted by atomic mass is 10.1. The number of piperidine rings is 1. The predicted molar refractivity (Wildman–Crippen MR) is 85.7 cm³/mol. The minimum absolute atomic E-state index is 0.0791.